The molecule has 1 unspecified atom stereocenters. The van der Waals surface area contributed by atoms with Crippen LogP contribution in [0.5, 0.6) is 0 Å². The molecule has 0 N–H and O–H groups in total. The number of hydrogen-bond donors (Lipinski definition) is 0. The van der Waals surface area contributed by atoms with Gasteiger partial charge in [0.1, 0.15) is 5.76 Å². The fourth-order valence-corrected chi connectivity index (χ4v) is 1.10. The zero-order chi connectivity index (χ0) is 7.72. The molecule has 0 aromatic carbocycles. The van der Waals surface area contributed by atoms with Crippen LogP contribution in [-0.4, -0.2) is 24.1 Å². The molecule has 0 aliphatic carbocycles. The lowest BCUT2D eigenvalue weighted by molar-refractivity contribution is 0.173. The SMILES string of the molecule is C=C1OC(=O)N(C)C1CC. The van der Waals surface area contributed by atoms with Crippen molar-refractivity contribution in [3.05, 3.63) is 12.3 Å². The highest BCUT2D eigenvalue weighted by Gasteiger charge is 2.31. The first kappa shape index (κ1) is 7.12. The van der Waals surface area contributed by atoms with Crippen LogP contribution in [0.15, 0.2) is 12.3 Å². The minimum atomic E-state index is -0.295. The normalized spacial score (nSPS) is 25.4. The van der Waals surface area contributed by atoms with E-state index < -0.39 is 0 Å². The van der Waals surface area contributed by atoms with Crippen molar-refractivity contribution < 1.29 is 9.53 Å². The highest BCUT2D eigenvalue weighted by atomic mass is 16.6. The molecular formula is C7H11NO2. The van der Waals surface area contributed by atoms with Crippen molar-refractivity contribution in [2.24, 2.45) is 0 Å². The molecule has 3 heteroatoms. The molecule has 0 aromatic rings. The van der Waals surface area contributed by atoms with Crippen LogP contribution in [0.25, 0.3) is 0 Å². The first-order chi connectivity index (χ1) is 4.66. The van der Waals surface area contributed by atoms with Gasteiger partial charge >= 0.3 is 6.09 Å². The van der Waals surface area contributed by atoms with Crippen LogP contribution in [0.4, 0.5) is 4.79 Å². The summed E-state index contributed by atoms with van der Waals surface area (Å²) < 4.78 is 4.77. The van der Waals surface area contributed by atoms with E-state index in [-0.39, 0.29) is 12.1 Å². The number of ether oxygens (including phenoxy) is 1. The number of hydrogen-bond acceptors (Lipinski definition) is 2. The summed E-state index contributed by atoms with van der Waals surface area (Å²) in [6, 6.07) is 0.0764. The van der Waals surface area contributed by atoms with E-state index in [1.807, 2.05) is 6.92 Å². The van der Waals surface area contributed by atoms with Crippen molar-refractivity contribution in [2.45, 2.75) is 19.4 Å². The minimum absolute atomic E-state index is 0.0764. The summed E-state index contributed by atoms with van der Waals surface area (Å²) in [6.45, 7) is 5.62. The van der Waals surface area contributed by atoms with Gasteiger partial charge in [0.25, 0.3) is 0 Å². The van der Waals surface area contributed by atoms with Gasteiger partial charge in [0.2, 0.25) is 0 Å². The van der Waals surface area contributed by atoms with Gasteiger partial charge in [0, 0.05) is 7.05 Å². The Labute approximate surface area is 60.3 Å². The van der Waals surface area contributed by atoms with Crippen molar-refractivity contribution in [1.29, 1.82) is 0 Å². The van der Waals surface area contributed by atoms with Crippen LogP contribution in [0, 0.1) is 0 Å². The average Bonchev–Trinajstić information content (AvgIpc) is 2.09. The van der Waals surface area contributed by atoms with E-state index in [9.17, 15) is 4.79 Å². The first-order valence-electron chi connectivity index (χ1n) is 3.30. The first-order valence-corrected chi connectivity index (χ1v) is 3.30. The smallest absolute Gasteiger partial charge is 0.413 e. The largest absolute Gasteiger partial charge is 0.415 e. The highest BCUT2D eigenvalue weighted by molar-refractivity contribution is 5.72. The van der Waals surface area contributed by atoms with Gasteiger partial charge in [-0.25, -0.2) is 4.79 Å². The molecule has 1 saturated heterocycles. The molecule has 56 valence electrons. The second kappa shape index (κ2) is 2.33. The van der Waals surface area contributed by atoms with E-state index in [0.29, 0.717) is 5.76 Å². The number of carbonyl (C=O) groups excluding carboxylic acids is 1. The Balaban J connectivity index is 2.73. The fourth-order valence-electron chi connectivity index (χ4n) is 1.10. The third kappa shape index (κ3) is 0.875. The van der Waals surface area contributed by atoms with Gasteiger partial charge in [-0.15, -0.1) is 0 Å². The Morgan fingerprint density at radius 3 is 2.60 bits per heavy atom. The number of nitrogens with zero attached hydrogens (tertiary/aromatic N) is 1. The molecule has 0 bridgehead atoms. The van der Waals surface area contributed by atoms with Gasteiger partial charge in [-0.1, -0.05) is 13.5 Å². The lowest BCUT2D eigenvalue weighted by atomic mass is 10.2. The summed E-state index contributed by atoms with van der Waals surface area (Å²) in [5.74, 6) is 0.565. The van der Waals surface area contributed by atoms with E-state index in [1.54, 1.807) is 11.9 Å². The predicted molar refractivity (Wildman–Crippen MR) is 37.5 cm³/mol. The summed E-state index contributed by atoms with van der Waals surface area (Å²) in [7, 11) is 1.72. The van der Waals surface area contributed by atoms with E-state index in [0.717, 1.165) is 6.42 Å². The second-order valence-corrected chi connectivity index (χ2v) is 2.37. The van der Waals surface area contributed by atoms with Crippen molar-refractivity contribution in [3.63, 3.8) is 0 Å². The maximum atomic E-state index is 10.8. The van der Waals surface area contributed by atoms with Crippen molar-refractivity contribution >= 4 is 6.09 Å². The number of amides is 1. The van der Waals surface area contributed by atoms with Crippen LogP contribution in [0.3, 0.4) is 0 Å². The zero-order valence-corrected chi connectivity index (χ0v) is 6.26. The third-order valence-electron chi connectivity index (χ3n) is 1.73. The standard InChI is InChI=1S/C7H11NO2/c1-4-6-5(2)10-7(9)8(6)3/h6H,2,4H2,1,3H3. The average molecular weight is 141 g/mol. The Morgan fingerprint density at radius 2 is 2.40 bits per heavy atom. The van der Waals surface area contributed by atoms with Gasteiger partial charge < -0.3 is 9.64 Å². The quantitative estimate of drug-likeness (QED) is 0.551. The molecule has 1 amide bonds. The summed E-state index contributed by atoms with van der Waals surface area (Å²) in [6.07, 6.45) is 0.568. The topological polar surface area (TPSA) is 29.5 Å². The number of rotatable bonds is 1. The highest BCUT2D eigenvalue weighted by Crippen LogP contribution is 2.21. The van der Waals surface area contributed by atoms with E-state index in [2.05, 4.69) is 6.58 Å². The summed E-state index contributed by atoms with van der Waals surface area (Å²) >= 11 is 0. The Morgan fingerprint density at radius 1 is 1.80 bits per heavy atom. The van der Waals surface area contributed by atoms with E-state index >= 15 is 0 Å². The van der Waals surface area contributed by atoms with Crippen LogP contribution < -0.4 is 0 Å². The van der Waals surface area contributed by atoms with E-state index in [1.165, 1.54) is 0 Å². The number of likely N-dealkylation sites (N-methyl/N-ethyl adjacent to an activating group) is 1. The fraction of sp³-hybridized carbons (Fsp3) is 0.571. The van der Waals surface area contributed by atoms with Crippen LogP contribution in [-0.2, 0) is 4.74 Å². The minimum Gasteiger partial charge on any atom is -0.413 e. The van der Waals surface area contributed by atoms with Crippen LogP contribution in [0.1, 0.15) is 13.3 Å². The molecule has 1 atom stereocenters. The number of cyclic esters (lactones) is 1. The van der Waals surface area contributed by atoms with Gasteiger partial charge in [0.05, 0.1) is 6.04 Å². The molecule has 1 aliphatic heterocycles. The predicted octanol–water partition coefficient (Wildman–Crippen LogP) is 1.36. The van der Waals surface area contributed by atoms with Gasteiger partial charge in [0.15, 0.2) is 0 Å². The molecular weight excluding hydrogens is 130 g/mol. The molecule has 0 radical (unpaired) electrons. The van der Waals surface area contributed by atoms with Gasteiger partial charge in [-0.05, 0) is 6.42 Å². The summed E-state index contributed by atoms with van der Waals surface area (Å²) in [5, 5.41) is 0. The van der Waals surface area contributed by atoms with Crippen LogP contribution in [0.2, 0.25) is 0 Å². The third-order valence-corrected chi connectivity index (χ3v) is 1.73. The Bertz CT molecular complexity index is 176. The van der Waals surface area contributed by atoms with E-state index in [4.69, 9.17) is 4.74 Å². The second-order valence-electron chi connectivity index (χ2n) is 2.37. The van der Waals surface area contributed by atoms with Crippen molar-refractivity contribution in [1.82, 2.24) is 4.90 Å². The summed E-state index contributed by atoms with van der Waals surface area (Å²) in [4.78, 5) is 12.4. The molecule has 1 fully saturated rings. The van der Waals surface area contributed by atoms with Crippen molar-refractivity contribution in [3.8, 4) is 0 Å². The molecule has 0 aromatic heterocycles. The van der Waals surface area contributed by atoms with Crippen LogP contribution >= 0.6 is 0 Å². The molecule has 0 spiro atoms. The maximum Gasteiger partial charge on any atom is 0.415 e. The lowest BCUT2D eigenvalue weighted by Gasteiger charge is -2.12. The lowest BCUT2D eigenvalue weighted by Crippen LogP contribution is -2.27. The van der Waals surface area contributed by atoms with Crippen molar-refractivity contribution in [2.75, 3.05) is 7.05 Å². The van der Waals surface area contributed by atoms with Gasteiger partial charge in [-0.3, -0.25) is 0 Å². The zero-order valence-electron chi connectivity index (χ0n) is 6.26. The molecule has 1 aliphatic rings. The van der Waals surface area contributed by atoms with Gasteiger partial charge in [-0.2, -0.15) is 0 Å². The summed E-state index contributed by atoms with van der Waals surface area (Å²) in [5.41, 5.74) is 0. The Kier molecular flexibility index (Phi) is 1.66. The molecule has 0 saturated carbocycles. The molecule has 1 rings (SSSR count). The molecule has 10 heavy (non-hydrogen) atoms. The Hall–Kier alpha value is -0.990. The maximum absolute atomic E-state index is 10.8. The monoisotopic (exact) mass is 141 g/mol. The molecule has 3 nitrogen and oxygen atoms in total. The molecule has 1 heterocycles. The number of carbonyl (C=O) groups is 1.